The lowest BCUT2D eigenvalue weighted by Gasteiger charge is -2.22. The molecular formula is C13H23N3. The highest BCUT2D eigenvalue weighted by Crippen LogP contribution is 2.39. The summed E-state index contributed by atoms with van der Waals surface area (Å²) in [5, 5.41) is 7.74. The molecule has 0 amide bonds. The predicted molar refractivity (Wildman–Crippen MR) is 66.1 cm³/mol. The largest absolute Gasteiger partial charge is 0.313 e. The van der Waals surface area contributed by atoms with Gasteiger partial charge < -0.3 is 5.32 Å². The summed E-state index contributed by atoms with van der Waals surface area (Å²) < 4.78 is 1.89. The van der Waals surface area contributed by atoms with Crippen molar-refractivity contribution in [3.8, 4) is 0 Å². The first-order valence-corrected chi connectivity index (χ1v) is 6.40. The van der Waals surface area contributed by atoms with Crippen LogP contribution in [-0.4, -0.2) is 16.8 Å². The van der Waals surface area contributed by atoms with E-state index in [-0.39, 0.29) is 0 Å². The minimum absolute atomic E-state index is 0.491. The van der Waals surface area contributed by atoms with Gasteiger partial charge in [0.1, 0.15) is 0 Å². The molecule has 2 rings (SSSR count). The van der Waals surface area contributed by atoms with Crippen molar-refractivity contribution in [3.63, 3.8) is 0 Å². The molecule has 3 atom stereocenters. The smallest absolute Gasteiger partial charge is 0.0537 e. The molecule has 1 N–H and O–H groups in total. The van der Waals surface area contributed by atoms with Gasteiger partial charge in [-0.15, -0.1) is 0 Å². The minimum Gasteiger partial charge on any atom is -0.313 e. The van der Waals surface area contributed by atoms with Gasteiger partial charge in [0.2, 0.25) is 0 Å². The molecule has 0 aromatic carbocycles. The number of rotatable bonds is 4. The summed E-state index contributed by atoms with van der Waals surface area (Å²) in [4.78, 5) is 0. The van der Waals surface area contributed by atoms with Crippen molar-refractivity contribution in [1.82, 2.24) is 15.1 Å². The molecule has 1 heterocycles. The van der Waals surface area contributed by atoms with E-state index in [2.05, 4.69) is 30.6 Å². The molecule has 90 valence electrons. The molecule has 1 saturated carbocycles. The zero-order valence-corrected chi connectivity index (χ0v) is 10.6. The fourth-order valence-corrected chi connectivity index (χ4v) is 3.06. The summed E-state index contributed by atoms with van der Waals surface area (Å²) >= 11 is 0. The number of aromatic nitrogens is 2. The quantitative estimate of drug-likeness (QED) is 0.846. The number of hydrogen-bond acceptors (Lipinski definition) is 2. The van der Waals surface area contributed by atoms with Crippen molar-refractivity contribution < 1.29 is 0 Å². The van der Waals surface area contributed by atoms with Crippen LogP contribution in [0.4, 0.5) is 0 Å². The van der Waals surface area contributed by atoms with Crippen LogP contribution in [0.1, 0.15) is 44.2 Å². The molecule has 3 heteroatoms. The maximum absolute atomic E-state index is 4.27. The second-order valence-corrected chi connectivity index (χ2v) is 5.06. The van der Waals surface area contributed by atoms with Gasteiger partial charge in [-0.25, -0.2) is 0 Å². The maximum Gasteiger partial charge on any atom is 0.0537 e. The summed E-state index contributed by atoms with van der Waals surface area (Å²) in [6, 6.07) is 0.491. The molecule has 0 bridgehead atoms. The molecule has 1 fully saturated rings. The summed E-state index contributed by atoms with van der Waals surface area (Å²) in [5.41, 5.74) is 1.34. The molecule has 0 saturated heterocycles. The van der Waals surface area contributed by atoms with Crippen LogP contribution in [0.5, 0.6) is 0 Å². The van der Waals surface area contributed by atoms with E-state index in [1.165, 1.54) is 31.2 Å². The molecule has 3 unspecified atom stereocenters. The Labute approximate surface area is 98.2 Å². The SMILES string of the molecule is CCC1CCC(C(NC)c2cnn(C)c2)C1. The number of aryl methyl sites for hydroxylation is 1. The Bertz CT molecular complexity index is 332. The average molecular weight is 221 g/mol. The standard InChI is InChI=1S/C13H23N3/c1-4-10-5-6-11(7-10)13(14-2)12-8-15-16(3)9-12/h8-11,13-14H,4-7H2,1-3H3. The Hall–Kier alpha value is -0.830. The molecule has 3 nitrogen and oxygen atoms in total. The predicted octanol–water partition coefficient (Wildman–Crippen LogP) is 2.51. The highest BCUT2D eigenvalue weighted by Gasteiger charge is 2.30. The maximum atomic E-state index is 4.27. The highest BCUT2D eigenvalue weighted by molar-refractivity contribution is 5.12. The van der Waals surface area contributed by atoms with Crippen LogP contribution >= 0.6 is 0 Å². The van der Waals surface area contributed by atoms with E-state index in [9.17, 15) is 0 Å². The van der Waals surface area contributed by atoms with Gasteiger partial charge in [-0.3, -0.25) is 4.68 Å². The lowest BCUT2D eigenvalue weighted by atomic mass is 9.92. The Morgan fingerprint density at radius 3 is 2.88 bits per heavy atom. The minimum atomic E-state index is 0.491. The molecule has 0 aliphatic heterocycles. The van der Waals surface area contributed by atoms with Gasteiger partial charge in [-0.2, -0.15) is 5.10 Å². The second-order valence-electron chi connectivity index (χ2n) is 5.06. The summed E-state index contributed by atoms with van der Waals surface area (Å²) in [6.45, 7) is 2.31. The zero-order chi connectivity index (χ0) is 11.5. The summed E-state index contributed by atoms with van der Waals surface area (Å²) in [5.74, 6) is 1.73. The molecular weight excluding hydrogens is 198 g/mol. The van der Waals surface area contributed by atoms with Crippen LogP contribution in [0, 0.1) is 11.8 Å². The molecule has 1 aromatic heterocycles. The topological polar surface area (TPSA) is 29.9 Å². The van der Waals surface area contributed by atoms with Gasteiger partial charge in [-0.05, 0) is 31.7 Å². The third kappa shape index (κ3) is 2.29. The van der Waals surface area contributed by atoms with Crippen LogP contribution < -0.4 is 5.32 Å². The van der Waals surface area contributed by atoms with E-state index < -0.39 is 0 Å². The van der Waals surface area contributed by atoms with E-state index in [0.29, 0.717) is 6.04 Å². The van der Waals surface area contributed by atoms with Gasteiger partial charge >= 0.3 is 0 Å². The fourth-order valence-electron chi connectivity index (χ4n) is 3.06. The number of nitrogens with zero attached hydrogens (tertiary/aromatic N) is 2. The Balaban J connectivity index is 2.06. The van der Waals surface area contributed by atoms with E-state index in [0.717, 1.165) is 11.8 Å². The van der Waals surface area contributed by atoms with Gasteiger partial charge in [0.15, 0.2) is 0 Å². The van der Waals surface area contributed by atoms with Crippen LogP contribution in [-0.2, 0) is 7.05 Å². The lowest BCUT2D eigenvalue weighted by Crippen LogP contribution is -2.23. The number of nitrogens with one attached hydrogen (secondary N) is 1. The molecule has 0 spiro atoms. The molecule has 1 aliphatic carbocycles. The Morgan fingerprint density at radius 1 is 1.56 bits per heavy atom. The molecule has 1 aliphatic rings. The van der Waals surface area contributed by atoms with Gasteiger partial charge in [0.25, 0.3) is 0 Å². The normalized spacial score (nSPS) is 27.2. The molecule has 16 heavy (non-hydrogen) atoms. The monoisotopic (exact) mass is 221 g/mol. The van der Waals surface area contributed by atoms with Crippen molar-refractivity contribution in [3.05, 3.63) is 18.0 Å². The van der Waals surface area contributed by atoms with E-state index in [1.54, 1.807) is 0 Å². The Kier molecular flexibility index (Phi) is 3.64. The first-order chi connectivity index (χ1) is 7.74. The Morgan fingerprint density at radius 2 is 2.38 bits per heavy atom. The summed E-state index contributed by atoms with van der Waals surface area (Å²) in [7, 11) is 4.05. The van der Waals surface area contributed by atoms with Crippen molar-refractivity contribution >= 4 is 0 Å². The highest BCUT2D eigenvalue weighted by atomic mass is 15.2. The fraction of sp³-hybridized carbons (Fsp3) is 0.769. The van der Waals surface area contributed by atoms with Crippen molar-refractivity contribution in [1.29, 1.82) is 0 Å². The van der Waals surface area contributed by atoms with Gasteiger partial charge in [0.05, 0.1) is 6.20 Å². The third-order valence-electron chi connectivity index (χ3n) is 4.03. The zero-order valence-electron chi connectivity index (χ0n) is 10.6. The van der Waals surface area contributed by atoms with Crippen molar-refractivity contribution in [2.45, 2.75) is 38.6 Å². The van der Waals surface area contributed by atoms with Gasteiger partial charge in [-0.1, -0.05) is 19.8 Å². The van der Waals surface area contributed by atoms with E-state index in [1.807, 2.05) is 17.9 Å². The average Bonchev–Trinajstić information content (AvgIpc) is 2.89. The third-order valence-corrected chi connectivity index (χ3v) is 4.03. The van der Waals surface area contributed by atoms with Crippen LogP contribution in [0.15, 0.2) is 12.4 Å². The first-order valence-electron chi connectivity index (χ1n) is 6.40. The molecule has 1 aromatic rings. The first kappa shape index (κ1) is 11.6. The van der Waals surface area contributed by atoms with Crippen LogP contribution in [0.3, 0.4) is 0 Å². The van der Waals surface area contributed by atoms with E-state index >= 15 is 0 Å². The summed E-state index contributed by atoms with van der Waals surface area (Å²) in [6.07, 6.45) is 9.61. The van der Waals surface area contributed by atoms with Crippen molar-refractivity contribution in [2.24, 2.45) is 18.9 Å². The van der Waals surface area contributed by atoms with Crippen LogP contribution in [0.2, 0.25) is 0 Å². The van der Waals surface area contributed by atoms with E-state index in [4.69, 9.17) is 0 Å². The lowest BCUT2D eigenvalue weighted by molar-refractivity contribution is 0.372. The van der Waals surface area contributed by atoms with Crippen molar-refractivity contribution in [2.75, 3.05) is 7.05 Å². The second kappa shape index (κ2) is 5.00. The number of hydrogen-bond donors (Lipinski definition) is 1. The van der Waals surface area contributed by atoms with Gasteiger partial charge in [0, 0.05) is 24.8 Å². The van der Waals surface area contributed by atoms with Crippen LogP contribution in [0.25, 0.3) is 0 Å². The molecule has 0 radical (unpaired) electrons.